The molecule has 1 aromatic carbocycles. The van der Waals surface area contributed by atoms with Gasteiger partial charge < -0.3 is 20.3 Å². The Labute approximate surface area is 121 Å². The lowest BCUT2D eigenvalue weighted by molar-refractivity contribution is -0.137. The highest BCUT2D eigenvalue weighted by Gasteiger charge is 2.29. The molecule has 0 fully saturated rings. The maximum atomic E-state index is 13.5. The highest BCUT2D eigenvalue weighted by molar-refractivity contribution is 5.66. The lowest BCUT2D eigenvalue weighted by Gasteiger charge is -2.21. The number of methoxy groups -OCH3 is 2. The van der Waals surface area contributed by atoms with E-state index in [0.29, 0.717) is 5.56 Å². The number of benzene rings is 1. The lowest BCUT2D eigenvalue weighted by Crippen LogP contribution is -2.16. The molecule has 0 spiro atoms. The summed E-state index contributed by atoms with van der Waals surface area (Å²) in [6.07, 6.45) is -0.0625. The van der Waals surface area contributed by atoms with E-state index >= 15 is 0 Å². The van der Waals surface area contributed by atoms with Crippen molar-refractivity contribution in [1.82, 2.24) is 0 Å². The number of carboxylic acid groups (broad SMARTS) is 1. The Balaban J connectivity index is 3.29. The molecule has 0 amide bonds. The molecule has 1 atom stereocenters. The molecule has 118 valence electrons. The molecule has 0 aliphatic carbocycles. The van der Waals surface area contributed by atoms with Gasteiger partial charge in [-0.1, -0.05) is 0 Å². The third-order valence-electron chi connectivity index (χ3n) is 3.08. The topological polar surface area (TPSA) is 81.8 Å². The smallest absolute Gasteiger partial charge is 0.303 e. The highest BCUT2D eigenvalue weighted by Crippen LogP contribution is 2.40. The fourth-order valence-corrected chi connectivity index (χ4v) is 1.96. The van der Waals surface area contributed by atoms with Crippen molar-refractivity contribution < 1.29 is 28.2 Å². The summed E-state index contributed by atoms with van der Waals surface area (Å²) in [5, 5.41) is 8.69. The van der Waals surface area contributed by atoms with E-state index in [9.17, 15) is 13.6 Å². The first-order valence-electron chi connectivity index (χ1n) is 6.32. The van der Waals surface area contributed by atoms with Gasteiger partial charge >= 0.3 is 5.97 Å². The van der Waals surface area contributed by atoms with Gasteiger partial charge in [0, 0.05) is 30.5 Å². The molecule has 1 aromatic rings. The Morgan fingerprint density at radius 2 is 2.00 bits per heavy atom. The minimum atomic E-state index is -3.07. The minimum absolute atomic E-state index is 0.105. The van der Waals surface area contributed by atoms with Gasteiger partial charge in [0.2, 0.25) is 0 Å². The van der Waals surface area contributed by atoms with Crippen LogP contribution in [0.3, 0.4) is 0 Å². The SMILES string of the molecule is COc1cc(C(C)(F)F)cc(C(N)CCC(=O)O)c1OC. The molecule has 1 rings (SSSR count). The first kappa shape index (κ1) is 17.2. The van der Waals surface area contributed by atoms with Crippen molar-refractivity contribution in [2.45, 2.75) is 31.7 Å². The largest absolute Gasteiger partial charge is 0.493 e. The van der Waals surface area contributed by atoms with E-state index in [0.717, 1.165) is 6.92 Å². The Hall–Kier alpha value is -1.89. The fourth-order valence-electron chi connectivity index (χ4n) is 1.96. The van der Waals surface area contributed by atoms with Crippen LogP contribution in [0.1, 0.15) is 36.9 Å². The van der Waals surface area contributed by atoms with Crippen molar-refractivity contribution in [3.63, 3.8) is 0 Å². The monoisotopic (exact) mass is 303 g/mol. The number of alkyl halides is 2. The zero-order chi connectivity index (χ0) is 16.2. The van der Waals surface area contributed by atoms with Gasteiger partial charge in [0.05, 0.1) is 14.2 Å². The van der Waals surface area contributed by atoms with Crippen molar-refractivity contribution >= 4 is 5.97 Å². The third-order valence-corrected chi connectivity index (χ3v) is 3.08. The average molecular weight is 303 g/mol. The second-order valence-corrected chi connectivity index (χ2v) is 4.73. The molecule has 0 bridgehead atoms. The summed E-state index contributed by atoms with van der Waals surface area (Å²) in [6.45, 7) is 0.765. The molecule has 0 aromatic heterocycles. The molecule has 0 saturated carbocycles. The van der Waals surface area contributed by atoms with Crippen LogP contribution < -0.4 is 15.2 Å². The molecular formula is C14H19F2NO4. The number of hydrogen-bond acceptors (Lipinski definition) is 4. The first-order chi connectivity index (χ1) is 9.70. The molecule has 0 aliphatic heterocycles. The summed E-state index contributed by atoms with van der Waals surface area (Å²) in [5.74, 6) is -3.70. The zero-order valence-corrected chi connectivity index (χ0v) is 12.2. The quantitative estimate of drug-likeness (QED) is 0.809. The third kappa shape index (κ3) is 4.29. The second kappa shape index (κ2) is 6.71. The number of aliphatic carboxylic acids is 1. The van der Waals surface area contributed by atoms with Gasteiger partial charge in [0.1, 0.15) is 0 Å². The molecule has 7 heteroatoms. The summed E-state index contributed by atoms with van der Waals surface area (Å²) in [7, 11) is 2.71. The normalized spacial score (nSPS) is 12.9. The van der Waals surface area contributed by atoms with E-state index in [1.54, 1.807) is 0 Å². The van der Waals surface area contributed by atoms with Gasteiger partial charge in [0.25, 0.3) is 5.92 Å². The van der Waals surface area contributed by atoms with E-state index in [-0.39, 0.29) is 29.9 Å². The molecule has 3 N–H and O–H groups in total. The number of carboxylic acids is 1. The number of carbonyl (C=O) groups is 1. The van der Waals surface area contributed by atoms with Crippen LogP contribution in [0.15, 0.2) is 12.1 Å². The van der Waals surface area contributed by atoms with Gasteiger partial charge in [-0.15, -0.1) is 0 Å². The van der Waals surface area contributed by atoms with Crippen LogP contribution in [-0.4, -0.2) is 25.3 Å². The van der Waals surface area contributed by atoms with Crippen LogP contribution in [0.25, 0.3) is 0 Å². The molecule has 5 nitrogen and oxygen atoms in total. The molecule has 1 unspecified atom stereocenters. The number of rotatable bonds is 7. The van der Waals surface area contributed by atoms with E-state index in [4.69, 9.17) is 20.3 Å². The van der Waals surface area contributed by atoms with Crippen molar-refractivity contribution in [3.05, 3.63) is 23.3 Å². The summed E-state index contributed by atoms with van der Waals surface area (Å²) in [4.78, 5) is 10.6. The van der Waals surface area contributed by atoms with Gasteiger partial charge in [-0.3, -0.25) is 4.79 Å². The van der Waals surface area contributed by atoms with Crippen LogP contribution in [0.5, 0.6) is 11.5 Å². The van der Waals surface area contributed by atoms with Crippen LogP contribution in [0, 0.1) is 0 Å². The molecule has 0 radical (unpaired) electrons. The van der Waals surface area contributed by atoms with Crippen LogP contribution in [-0.2, 0) is 10.7 Å². The molecule has 0 aliphatic rings. The number of hydrogen-bond donors (Lipinski definition) is 2. The van der Waals surface area contributed by atoms with E-state index < -0.39 is 17.9 Å². The maximum absolute atomic E-state index is 13.5. The Morgan fingerprint density at radius 1 is 1.38 bits per heavy atom. The van der Waals surface area contributed by atoms with E-state index in [1.807, 2.05) is 0 Å². The standard InChI is InChI=1S/C14H19F2NO4/c1-14(15,16)8-6-9(10(17)4-5-12(18)19)13(21-3)11(7-8)20-2/h6-7,10H,4-5,17H2,1-3H3,(H,18,19). The van der Waals surface area contributed by atoms with Gasteiger partial charge in [-0.25, -0.2) is 8.78 Å². The van der Waals surface area contributed by atoms with Crippen LogP contribution in [0.2, 0.25) is 0 Å². The summed E-state index contributed by atoms with van der Waals surface area (Å²) in [6, 6.07) is 1.67. The highest BCUT2D eigenvalue weighted by atomic mass is 19.3. The Kier molecular flexibility index (Phi) is 5.48. The molecule has 21 heavy (non-hydrogen) atoms. The van der Waals surface area contributed by atoms with Crippen molar-refractivity contribution in [1.29, 1.82) is 0 Å². The summed E-state index contributed by atoms with van der Waals surface area (Å²) >= 11 is 0. The van der Waals surface area contributed by atoms with Crippen LogP contribution in [0.4, 0.5) is 8.78 Å². The number of nitrogens with two attached hydrogens (primary N) is 1. The predicted molar refractivity (Wildman–Crippen MR) is 72.9 cm³/mol. The van der Waals surface area contributed by atoms with E-state index in [2.05, 4.69) is 0 Å². The Morgan fingerprint density at radius 3 is 2.43 bits per heavy atom. The molecular weight excluding hydrogens is 284 g/mol. The zero-order valence-electron chi connectivity index (χ0n) is 12.2. The number of halogens is 2. The number of ether oxygens (including phenoxy) is 2. The average Bonchev–Trinajstić information content (AvgIpc) is 2.41. The minimum Gasteiger partial charge on any atom is -0.493 e. The summed E-state index contributed by atoms with van der Waals surface area (Å²) in [5.41, 5.74) is 5.95. The molecule has 0 saturated heterocycles. The second-order valence-electron chi connectivity index (χ2n) is 4.73. The molecule has 0 heterocycles. The summed E-state index contributed by atoms with van der Waals surface area (Å²) < 4.78 is 37.3. The van der Waals surface area contributed by atoms with Crippen molar-refractivity contribution in [3.8, 4) is 11.5 Å². The van der Waals surface area contributed by atoms with Gasteiger partial charge in [-0.2, -0.15) is 0 Å². The Bertz CT molecular complexity index is 514. The van der Waals surface area contributed by atoms with Gasteiger partial charge in [0.15, 0.2) is 11.5 Å². The van der Waals surface area contributed by atoms with E-state index in [1.165, 1.54) is 26.4 Å². The predicted octanol–water partition coefficient (Wildman–Crippen LogP) is 2.68. The van der Waals surface area contributed by atoms with Crippen LogP contribution >= 0.6 is 0 Å². The van der Waals surface area contributed by atoms with Gasteiger partial charge in [-0.05, 0) is 18.6 Å². The van der Waals surface area contributed by atoms with Crippen molar-refractivity contribution in [2.24, 2.45) is 5.73 Å². The fraction of sp³-hybridized carbons (Fsp3) is 0.500. The lowest BCUT2D eigenvalue weighted by atomic mass is 9.97. The maximum Gasteiger partial charge on any atom is 0.303 e. The van der Waals surface area contributed by atoms with Crippen molar-refractivity contribution in [2.75, 3.05) is 14.2 Å². The first-order valence-corrected chi connectivity index (χ1v) is 6.32.